The number of fused-ring (bicyclic) bond motifs is 1. The molecule has 3 aliphatic rings. The zero-order valence-electron chi connectivity index (χ0n) is 18.3. The second-order valence-corrected chi connectivity index (χ2v) is 8.96. The lowest BCUT2D eigenvalue weighted by Gasteiger charge is -2.42. The van der Waals surface area contributed by atoms with Crippen LogP contribution in [0.1, 0.15) is 65.7 Å². The Morgan fingerprint density at radius 3 is 2.86 bits per heavy atom. The van der Waals surface area contributed by atoms with Crippen LogP contribution in [0.5, 0.6) is 0 Å². The third-order valence-electron chi connectivity index (χ3n) is 7.00. The molecule has 0 aromatic carbocycles. The summed E-state index contributed by atoms with van der Waals surface area (Å²) in [7, 11) is 1.66. The molecule has 0 radical (unpaired) electrons. The molecule has 0 unspecified atom stereocenters. The third-order valence-corrected chi connectivity index (χ3v) is 7.00. The average molecular weight is 405 g/mol. The van der Waals surface area contributed by atoms with E-state index in [1.54, 1.807) is 7.11 Å². The molecule has 0 aromatic rings. The van der Waals surface area contributed by atoms with Gasteiger partial charge in [-0.1, -0.05) is 39.0 Å². The number of esters is 2. The van der Waals surface area contributed by atoms with Gasteiger partial charge in [0.25, 0.3) is 0 Å². The first kappa shape index (κ1) is 22.1. The molecule has 1 fully saturated rings. The maximum atomic E-state index is 12.5. The van der Waals surface area contributed by atoms with E-state index in [9.17, 15) is 9.59 Å². The first-order valence-electron chi connectivity index (χ1n) is 11.2. The Labute approximate surface area is 174 Å². The van der Waals surface area contributed by atoms with Crippen LogP contribution in [0.25, 0.3) is 0 Å². The highest BCUT2D eigenvalue weighted by Crippen LogP contribution is 2.44. The summed E-state index contributed by atoms with van der Waals surface area (Å²) in [6.07, 6.45) is 12.1. The van der Waals surface area contributed by atoms with Crippen molar-refractivity contribution in [2.24, 2.45) is 23.7 Å². The Hall–Kier alpha value is -1.62. The first-order valence-corrected chi connectivity index (χ1v) is 11.2. The lowest BCUT2D eigenvalue weighted by molar-refractivity contribution is -0.163. The van der Waals surface area contributed by atoms with Gasteiger partial charge in [-0.2, -0.15) is 0 Å². The molecule has 1 heterocycles. The Kier molecular flexibility index (Phi) is 7.55. The van der Waals surface area contributed by atoms with Crippen LogP contribution < -0.4 is 0 Å². The molecule has 0 saturated carbocycles. The van der Waals surface area contributed by atoms with E-state index in [1.807, 2.05) is 13.8 Å². The number of carbonyl (C=O) groups is 2. The van der Waals surface area contributed by atoms with Crippen LogP contribution in [0.2, 0.25) is 0 Å². The Morgan fingerprint density at radius 2 is 2.14 bits per heavy atom. The van der Waals surface area contributed by atoms with Crippen LogP contribution >= 0.6 is 0 Å². The Bertz CT molecular complexity index is 652. The van der Waals surface area contributed by atoms with Crippen molar-refractivity contribution >= 4 is 11.9 Å². The highest BCUT2D eigenvalue weighted by molar-refractivity contribution is 5.72. The van der Waals surface area contributed by atoms with E-state index >= 15 is 0 Å². The van der Waals surface area contributed by atoms with Crippen LogP contribution in [-0.2, 0) is 23.8 Å². The lowest BCUT2D eigenvalue weighted by atomic mass is 9.66. The number of hydrogen-bond donors (Lipinski definition) is 0. The standard InChI is InChI=1S/C24H36O5/c1-5-15(2)24(26)29-21-8-6-7-17-10-9-16(3)20(23(17)21)12-11-18-13-19(27-4)14-22(25)28-18/h7,9-10,15-16,18-21,23H,5-6,8,11-14H2,1-4H3/t15-,16-,18+,19+,20-,21-,23-/m0/s1. The molecule has 0 aromatic heterocycles. The fourth-order valence-corrected chi connectivity index (χ4v) is 4.97. The van der Waals surface area contributed by atoms with E-state index in [2.05, 4.69) is 25.2 Å². The number of ether oxygens (including phenoxy) is 3. The number of carbonyl (C=O) groups excluding carboxylic acids is 2. The summed E-state index contributed by atoms with van der Waals surface area (Å²) in [5.74, 6) is 0.703. The summed E-state index contributed by atoms with van der Waals surface area (Å²) >= 11 is 0. The van der Waals surface area contributed by atoms with Gasteiger partial charge in [0.05, 0.1) is 18.4 Å². The van der Waals surface area contributed by atoms with Gasteiger partial charge in [0.2, 0.25) is 0 Å². The molecule has 2 aliphatic carbocycles. The maximum absolute atomic E-state index is 12.5. The molecule has 29 heavy (non-hydrogen) atoms. The Morgan fingerprint density at radius 1 is 1.34 bits per heavy atom. The first-order chi connectivity index (χ1) is 13.9. The van der Waals surface area contributed by atoms with E-state index in [-0.39, 0.29) is 42.1 Å². The number of cyclic esters (lactones) is 1. The Balaban J connectivity index is 1.69. The van der Waals surface area contributed by atoms with E-state index in [1.165, 1.54) is 5.57 Å². The normalized spacial score (nSPS) is 35.3. The minimum atomic E-state index is -0.164. The molecule has 0 N–H and O–H groups in total. The molecule has 0 bridgehead atoms. The summed E-state index contributed by atoms with van der Waals surface area (Å²) in [5.41, 5.74) is 1.30. The predicted octanol–water partition coefficient (Wildman–Crippen LogP) is 4.60. The van der Waals surface area contributed by atoms with Crippen molar-refractivity contribution in [1.82, 2.24) is 0 Å². The molecule has 0 spiro atoms. The third kappa shape index (κ3) is 5.30. The molecule has 1 aliphatic heterocycles. The minimum absolute atomic E-state index is 0.0423. The van der Waals surface area contributed by atoms with E-state index in [0.29, 0.717) is 18.3 Å². The topological polar surface area (TPSA) is 61.8 Å². The summed E-state index contributed by atoms with van der Waals surface area (Å²) in [5, 5.41) is 0. The summed E-state index contributed by atoms with van der Waals surface area (Å²) in [6.45, 7) is 6.20. The van der Waals surface area contributed by atoms with Crippen LogP contribution in [0.3, 0.4) is 0 Å². The largest absolute Gasteiger partial charge is 0.462 e. The maximum Gasteiger partial charge on any atom is 0.308 e. The monoisotopic (exact) mass is 404 g/mol. The van der Waals surface area contributed by atoms with Crippen molar-refractivity contribution in [3.63, 3.8) is 0 Å². The van der Waals surface area contributed by atoms with E-state index in [0.717, 1.165) is 38.5 Å². The predicted molar refractivity (Wildman–Crippen MR) is 111 cm³/mol. The van der Waals surface area contributed by atoms with Crippen molar-refractivity contribution in [2.45, 2.75) is 84.0 Å². The summed E-state index contributed by atoms with van der Waals surface area (Å²) < 4.78 is 17.0. The van der Waals surface area contributed by atoms with E-state index < -0.39 is 0 Å². The average Bonchev–Trinajstić information content (AvgIpc) is 2.72. The van der Waals surface area contributed by atoms with Gasteiger partial charge < -0.3 is 14.2 Å². The molecule has 7 atom stereocenters. The van der Waals surface area contributed by atoms with Gasteiger partial charge in [0.1, 0.15) is 12.2 Å². The van der Waals surface area contributed by atoms with Crippen molar-refractivity contribution in [3.05, 3.63) is 23.8 Å². The van der Waals surface area contributed by atoms with Crippen molar-refractivity contribution in [3.8, 4) is 0 Å². The lowest BCUT2D eigenvalue weighted by Crippen LogP contribution is -2.41. The van der Waals surface area contributed by atoms with Crippen molar-refractivity contribution in [2.75, 3.05) is 7.11 Å². The number of hydrogen-bond acceptors (Lipinski definition) is 5. The molecule has 5 heteroatoms. The molecule has 162 valence electrons. The zero-order chi connectivity index (χ0) is 21.0. The molecular formula is C24H36O5. The smallest absolute Gasteiger partial charge is 0.308 e. The van der Waals surface area contributed by atoms with Crippen LogP contribution in [0.4, 0.5) is 0 Å². The highest BCUT2D eigenvalue weighted by atomic mass is 16.6. The summed E-state index contributed by atoms with van der Waals surface area (Å²) in [4.78, 5) is 24.4. The number of rotatable bonds is 7. The molecule has 1 saturated heterocycles. The van der Waals surface area contributed by atoms with Crippen molar-refractivity contribution < 1.29 is 23.8 Å². The number of methoxy groups -OCH3 is 1. The second-order valence-electron chi connectivity index (χ2n) is 8.96. The fourth-order valence-electron chi connectivity index (χ4n) is 4.97. The molecule has 3 rings (SSSR count). The minimum Gasteiger partial charge on any atom is -0.462 e. The molecule has 0 amide bonds. The molecular weight excluding hydrogens is 368 g/mol. The van der Waals surface area contributed by atoms with Gasteiger partial charge >= 0.3 is 11.9 Å². The SMILES string of the molecule is CC[C@H](C)C(=O)O[C@H]1CCC=C2C=C[C@H](C)[C@H](CC[C@@H]3C[C@@H](OC)CC(=O)O3)[C@H]21. The second kappa shape index (κ2) is 9.92. The van der Waals surface area contributed by atoms with Gasteiger partial charge in [0.15, 0.2) is 0 Å². The van der Waals surface area contributed by atoms with Gasteiger partial charge in [-0.15, -0.1) is 0 Å². The van der Waals surface area contributed by atoms with Gasteiger partial charge in [-0.05, 0) is 49.5 Å². The quantitative estimate of drug-likeness (QED) is 0.580. The van der Waals surface area contributed by atoms with Crippen molar-refractivity contribution in [1.29, 1.82) is 0 Å². The molecule has 5 nitrogen and oxygen atoms in total. The van der Waals surface area contributed by atoms with Crippen LogP contribution in [0, 0.1) is 23.7 Å². The number of allylic oxidation sites excluding steroid dienone is 3. The van der Waals surface area contributed by atoms with Gasteiger partial charge in [-0.3, -0.25) is 9.59 Å². The van der Waals surface area contributed by atoms with Crippen LogP contribution in [0.15, 0.2) is 23.8 Å². The fraction of sp³-hybridized carbons (Fsp3) is 0.750. The summed E-state index contributed by atoms with van der Waals surface area (Å²) in [6, 6.07) is 0. The van der Waals surface area contributed by atoms with Crippen LogP contribution in [-0.4, -0.2) is 37.4 Å². The van der Waals surface area contributed by atoms with E-state index in [4.69, 9.17) is 14.2 Å². The highest BCUT2D eigenvalue weighted by Gasteiger charge is 2.41. The van der Waals surface area contributed by atoms with Gasteiger partial charge in [0, 0.05) is 19.4 Å². The zero-order valence-corrected chi connectivity index (χ0v) is 18.3. The van der Waals surface area contributed by atoms with Gasteiger partial charge in [-0.25, -0.2) is 0 Å².